The van der Waals surface area contributed by atoms with Crippen molar-refractivity contribution in [3.63, 3.8) is 0 Å². The van der Waals surface area contributed by atoms with E-state index in [4.69, 9.17) is 4.74 Å². The number of rotatable bonds is 4. The number of ether oxygens (including phenoxy) is 1. The Morgan fingerprint density at radius 1 is 1.21 bits per heavy atom. The number of para-hydroxylation sites is 2. The topological polar surface area (TPSA) is 44.8 Å². The first-order chi connectivity index (χ1) is 11.7. The number of hydrogen-bond donors (Lipinski definition) is 1. The summed E-state index contributed by atoms with van der Waals surface area (Å²) in [6, 6.07) is 8.26. The molecule has 2 aliphatic rings. The van der Waals surface area contributed by atoms with Crippen molar-refractivity contribution in [3.05, 3.63) is 24.3 Å². The van der Waals surface area contributed by atoms with Crippen LogP contribution in [-0.4, -0.2) is 50.8 Å². The third-order valence-corrected chi connectivity index (χ3v) is 5.32. The van der Waals surface area contributed by atoms with Gasteiger partial charge in [-0.3, -0.25) is 0 Å². The average Bonchev–Trinajstić information content (AvgIpc) is 3.09. The standard InChI is InChI=1S/C19H29N3O2/c1-15-7-10-21(11-8-15)19(23)20-13-16-9-12-22(14-16)17-5-3-4-6-18(17)24-2/h3-6,15-16H,7-14H2,1-2H3,(H,20,23). The molecular weight excluding hydrogens is 302 g/mol. The van der Waals surface area contributed by atoms with E-state index in [0.717, 1.165) is 69.3 Å². The average molecular weight is 331 g/mol. The second-order valence-electron chi connectivity index (χ2n) is 7.13. The first kappa shape index (κ1) is 16.9. The highest BCUT2D eigenvalue weighted by atomic mass is 16.5. The quantitative estimate of drug-likeness (QED) is 0.922. The van der Waals surface area contributed by atoms with E-state index in [1.54, 1.807) is 7.11 Å². The van der Waals surface area contributed by atoms with Crippen molar-refractivity contribution in [1.82, 2.24) is 10.2 Å². The van der Waals surface area contributed by atoms with E-state index in [2.05, 4.69) is 23.2 Å². The lowest BCUT2D eigenvalue weighted by Crippen LogP contribution is -2.45. The SMILES string of the molecule is COc1ccccc1N1CCC(CNC(=O)N2CCC(C)CC2)C1. The molecule has 5 nitrogen and oxygen atoms in total. The van der Waals surface area contributed by atoms with Gasteiger partial charge in [-0.25, -0.2) is 4.79 Å². The van der Waals surface area contributed by atoms with Crippen LogP contribution in [0, 0.1) is 11.8 Å². The smallest absolute Gasteiger partial charge is 0.317 e. The van der Waals surface area contributed by atoms with Crippen LogP contribution in [0.25, 0.3) is 0 Å². The molecule has 0 aromatic heterocycles. The molecular formula is C19H29N3O2. The van der Waals surface area contributed by atoms with Crippen LogP contribution in [0.3, 0.4) is 0 Å². The number of carbonyl (C=O) groups excluding carboxylic acids is 1. The molecule has 2 fully saturated rings. The number of hydrogen-bond acceptors (Lipinski definition) is 3. The molecule has 1 N–H and O–H groups in total. The maximum Gasteiger partial charge on any atom is 0.317 e. The van der Waals surface area contributed by atoms with E-state index in [9.17, 15) is 4.79 Å². The molecule has 1 aromatic rings. The van der Waals surface area contributed by atoms with Crippen LogP contribution in [0.4, 0.5) is 10.5 Å². The van der Waals surface area contributed by atoms with Crippen LogP contribution in [0.15, 0.2) is 24.3 Å². The van der Waals surface area contributed by atoms with Crippen molar-refractivity contribution >= 4 is 11.7 Å². The number of amides is 2. The summed E-state index contributed by atoms with van der Waals surface area (Å²) in [4.78, 5) is 16.6. The molecule has 0 bridgehead atoms. The molecule has 3 rings (SSSR count). The molecule has 2 heterocycles. The van der Waals surface area contributed by atoms with Gasteiger partial charge in [0.05, 0.1) is 12.8 Å². The lowest BCUT2D eigenvalue weighted by atomic mass is 10.00. The van der Waals surface area contributed by atoms with E-state index in [0.29, 0.717) is 5.92 Å². The van der Waals surface area contributed by atoms with E-state index in [1.807, 2.05) is 23.1 Å². The molecule has 2 aliphatic heterocycles. The highest BCUT2D eigenvalue weighted by Crippen LogP contribution is 2.31. The van der Waals surface area contributed by atoms with E-state index in [-0.39, 0.29) is 6.03 Å². The van der Waals surface area contributed by atoms with Gasteiger partial charge >= 0.3 is 6.03 Å². The number of nitrogens with one attached hydrogen (secondary N) is 1. The van der Waals surface area contributed by atoms with Gasteiger partial charge in [0.1, 0.15) is 5.75 Å². The Labute approximate surface area is 145 Å². The highest BCUT2D eigenvalue weighted by molar-refractivity contribution is 5.74. The highest BCUT2D eigenvalue weighted by Gasteiger charge is 2.26. The maximum atomic E-state index is 12.3. The van der Waals surface area contributed by atoms with Crippen LogP contribution in [-0.2, 0) is 0 Å². The number of urea groups is 1. The molecule has 2 amide bonds. The monoisotopic (exact) mass is 331 g/mol. The van der Waals surface area contributed by atoms with Crippen LogP contribution in [0.5, 0.6) is 5.75 Å². The Kier molecular flexibility index (Phi) is 5.48. The molecule has 24 heavy (non-hydrogen) atoms. The molecule has 2 saturated heterocycles. The summed E-state index contributed by atoms with van der Waals surface area (Å²) in [5.74, 6) is 2.17. The zero-order chi connectivity index (χ0) is 16.9. The lowest BCUT2D eigenvalue weighted by molar-refractivity contribution is 0.173. The number of piperidine rings is 1. The lowest BCUT2D eigenvalue weighted by Gasteiger charge is -2.30. The number of nitrogens with zero attached hydrogens (tertiary/aromatic N) is 2. The van der Waals surface area contributed by atoms with Gasteiger partial charge in [-0.2, -0.15) is 0 Å². The molecule has 5 heteroatoms. The van der Waals surface area contributed by atoms with Crippen molar-refractivity contribution in [2.75, 3.05) is 44.7 Å². The van der Waals surface area contributed by atoms with Gasteiger partial charge in [0.25, 0.3) is 0 Å². The number of methoxy groups -OCH3 is 1. The molecule has 1 aromatic carbocycles. The zero-order valence-corrected chi connectivity index (χ0v) is 14.8. The third kappa shape index (κ3) is 3.94. The van der Waals surface area contributed by atoms with Crippen LogP contribution < -0.4 is 15.0 Å². The predicted molar refractivity (Wildman–Crippen MR) is 96.7 cm³/mol. The maximum absolute atomic E-state index is 12.3. The van der Waals surface area contributed by atoms with Crippen LogP contribution in [0.1, 0.15) is 26.2 Å². The largest absolute Gasteiger partial charge is 0.495 e. The molecule has 0 saturated carbocycles. The summed E-state index contributed by atoms with van der Waals surface area (Å²) in [6.45, 7) is 6.80. The first-order valence-corrected chi connectivity index (χ1v) is 9.08. The van der Waals surface area contributed by atoms with Gasteiger partial charge in [0.2, 0.25) is 0 Å². The minimum atomic E-state index is 0.109. The Morgan fingerprint density at radius 2 is 1.96 bits per heavy atom. The summed E-state index contributed by atoms with van der Waals surface area (Å²) in [5.41, 5.74) is 1.15. The van der Waals surface area contributed by atoms with Gasteiger partial charge in [0, 0.05) is 32.7 Å². The molecule has 132 valence electrons. The predicted octanol–water partition coefficient (Wildman–Crippen LogP) is 2.96. The number of anilines is 1. The second-order valence-corrected chi connectivity index (χ2v) is 7.13. The number of carbonyl (C=O) groups is 1. The molecule has 1 unspecified atom stereocenters. The van der Waals surface area contributed by atoms with Crippen molar-refractivity contribution < 1.29 is 9.53 Å². The third-order valence-electron chi connectivity index (χ3n) is 5.32. The zero-order valence-electron chi connectivity index (χ0n) is 14.8. The fourth-order valence-electron chi connectivity index (χ4n) is 3.66. The number of likely N-dealkylation sites (tertiary alicyclic amines) is 1. The van der Waals surface area contributed by atoms with Crippen LogP contribution in [0.2, 0.25) is 0 Å². The van der Waals surface area contributed by atoms with Gasteiger partial charge in [-0.1, -0.05) is 19.1 Å². The van der Waals surface area contributed by atoms with Gasteiger partial charge in [-0.05, 0) is 43.2 Å². The minimum Gasteiger partial charge on any atom is -0.495 e. The van der Waals surface area contributed by atoms with Crippen molar-refractivity contribution in [1.29, 1.82) is 0 Å². The summed E-state index contributed by atoms with van der Waals surface area (Å²) in [5, 5.41) is 3.14. The van der Waals surface area contributed by atoms with E-state index < -0.39 is 0 Å². The van der Waals surface area contributed by atoms with E-state index >= 15 is 0 Å². The Bertz CT molecular complexity index is 555. The Hall–Kier alpha value is -1.91. The van der Waals surface area contributed by atoms with Crippen LogP contribution >= 0.6 is 0 Å². The second kappa shape index (κ2) is 7.77. The normalized spacial score (nSPS) is 21.8. The molecule has 1 atom stereocenters. The summed E-state index contributed by atoms with van der Waals surface area (Å²) >= 11 is 0. The fourth-order valence-corrected chi connectivity index (χ4v) is 3.66. The first-order valence-electron chi connectivity index (χ1n) is 9.08. The van der Waals surface area contributed by atoms with Gasteiger partial charge in [0.15, 0.2) is 0 Å². The summed E-state index contributed by atoms with van der Waals surface area (Å²) < 4.78 is 5.46. The van der Waals surface area contributed by atoms with E-state index in [1.165, 1.54) is 0 Å². The Balaban J connectivity index is 1.47. The summed E-state index contributed by atoms with van der Waals surface area (Å²) in [6.07, 6.45) is 3.35. The van der Waals surface area contributed by atoms with Gasteiger partial charge in [-0.15, -0.1) is 0 Å². The Morgan fingerprint density at radius 3 is 2.71 bits per heavy atom. The molecule has 0 spiro atoms. The van der Waals surface area contributed by atoms with Gasteiger partial charge < -0.3 is 19.9 Å². The number of benzene rings is 1. The summed E-state index contributed by atoms with van der Waals surface area (Å²) in [7, 11) is 1.71. The molecule has 0 radical (unpaired) electrons. The molecule has 0 aliphatic carbocycles. The van der Waals surface area contributed by atoms with Crippen molar-refractivity contribution in [2.45, 2.75) is 26.2 Å². The fraction of sp³-hybridized carbons (Fsp3) is 0.632. The van der Waals surface area contributed by atoms with Crippen molar-refractivity contribution in [2.24, 2.45) is 11.8 Å². The minimum absolute atomic E-state index is 0.109. The van der Waals surface area contributed by atoms with Crippen molar-refractivity contribution in [3.8, 4) is 5.75 Å².